The lowest BCUT2D eigenvalue weighted by Gasteiger charge is -2.49. The lowest BCUT2D eigenvalue weighted by atomic mass is 9.67. The Labute approximate surface area is 243 Å². The zero-order chi connectivity index (χ0) is 29.9. The first-order valence-electron chi connectivity index (χ1n) is 14.4. The second-order valence-electron chi connectivity index (χ2n) is 12.2. The molecule has 1 saturated heterocycles. The minimum atomic E-state index is -1.06. The lowest BCUT2D eigenvalue weighted by molar-refractivity contribution is -0.0437. The summed E-state index contributed by atoms with van der Waals surface area (Å²) in [4.78, 5) is 18.6. The summed E-state index contributed by atoms with van der Waals surface area (Å²) in [6.07, 6.45) is 1.57. The van der Waals surface area contributed by atoms with Gasteiger partial charge in [-0.3, -0.25) is 9.69 Å². The van der Waals surface area contributed by atoms with Crippen molar-refractivity contribution in [1.82, 2.24) is 9.80 Å². The molecule has 0 radical (unpaired) electrons. The molecule has 7 heteroatoms. The van der Waals surface area contributed by atoms with Gasteiger partial charge in [0, 0.05) is 42.4 Å². The molecule has 3 aromatic rings. The van der Waals surface area contributed by atoms with Crippen molar-refractivity contribution < 1.29 is 24.5 Å². The van der Waals surface area contributed by atoms with E-state index < -0.39 is 17.4 Å². The second kappa shape index (κ2) is 12.7. The topological polar surface area (TPSA) is 84.2 Å². The van der Waals surface area contributed by atoms with Crippen molar-refractivity contribution in [2.24, 2.45) is 5.92 Å². The van der Waals surface area contributed by atoms with Crippen molar-refractivity contribution in [3.63, 3.8) is 0 Å². The van der Waals surface area contributed by atoms with Gasteiger partial charge >= 0.3 is 0 Å². The number of nitrogens with zero attached hydrogens (tertiary/aromatic N) is 2. The number of phenols is 2. The fraction of sp³-hybridized carbons (Fsp3) is 0.441. The van der Waals surface area contributed by atoms with E-state index in [0.717, 1.165) is 18.5 Å². The first kappa shape index (κ1) is 30.7. The predicted molar refractivity (Wildman–Crippen MR) is 160 cm³/mol. The maximum atomic E-state index is 15.0. The molecule has 220 valence electrons. The van der Waals surface area contributed by atoms with E-state index >= 15 is 0 Å². The second-order valence-corrected chi connectivity index (χ2v) is 12.2. The first-order valence-corrected chi connectivity index (χ1v) is 14.4. The Kier molecular flexibility index (Phi) is 9.52. The quantitative estimate of drug-likeness (QED) is 0.275. The van der Waals surface area contributed by atoms with Crippen LogP contribution in [-0.4, -0.2) is 76.3 Å². The Morgan fingerprint density at radius 2 is 1.71 bits per heavy atom. The molecule has 6 nitrogen and oxygen atoms in total. The molecular weight excluding hydrogens is 519 g/mol. The zero-order valence-electron chi connectivity index (χ0n) is 24.7. The number of ketones is 1. The van der Waals surface area contributed by atoms with Crippen LogP contribution in [0.25, 0.3) is 0 Å². The molecule has 4 rings (SSSR count). The normalized spacial score (nSPS) is 20.7. The molecule has 0 unspecified atom stereocenters. The SMILES string of the molecule is Cc1c(F)cccc1[C@H]1[C@@H](C(=O)c2cccc(O)c2)CN([C@H](CCCN(C)C)C(C)(C)O)C[C@@H]1c1ccccc1O. The van der Waals surface area contributed by atoms with E-state index in [0.29, 0.717) is 36.2 Å². The molecule has 0 bridgehead atoms. The van der Waals surface area contributed by atoms with E-state index in [9.17, 15) is 24.5 Å². The molecule has 0 aromatic heterocycles. The number of piperidine rings is 1. The molecule has 0 saturated carbocycles. The van der Waals surface area contributed by atoms with Crippen LogP contribution in [-0.2, 0) is 0 Å². The minimum Gasteiger partial charge on any atom is -0.508 e. The Bertz CT molecular complexity index is 1350. The smallest absolute Gasteiger partial charge is 0.167 e. The summed E-state index contributed by atoms with van der Waals surface area (Å²) >= 11 is 0. The third kappa shape index (κ3) is 6.97. The number of carbonyl (C=O) groups excluding carboxylic acids is 1. The van der Waals surface area contributed by atoms with Crippen LogP contribution in [0, 0.1) is 18.7 Å². The van der Waals surface area contributed by atoms with Gasteiger partial charge in [-0.1, -0.05) is 42.5 Å². The summed E-state index contributed by atoms with van der Waals surface area (Å²) in [7, 11) is 4.04. The summed E-state index contributed by atoms with van der Waals surface area (Å²) in [6.45, 7) is 7.01. The van der Waals surface area contributed by atoms with Crippen molar-refractivity contribution in [3.05, 3.63) is 94.8 Å². The number of para-hydroxylation sites is 1. The van der Waals surface area contributed by atoms with Crippen molar-refractivity contribution >= 4 is 5.78 Å². The van der Waals surface area contributed by atoms with Gasteiger partial charge in [-0.25, -0.2) is 4.39 Å². The van der Waals surface area contributed by atoms with Gasteiger partial charge < -0.3 is 20.2 Å². The van der Waals surface area contributed by atoms with Gasteiger partial charge in [-0.2, -0.15) is 0 Å². The molecule has 0 amide bonds. The summed E-state index contributed by atoms with van der Waals surface area (Å²) in [6, 6.07) is 18.2. The maximum Gasteiger partial charge on any atom is 0.167 e. The number of carbonyl (C=O) groups is 1. The third-order valence-corrected chi connectivity index (χ3v) is 8.54. The van der Waals surface area contributed by atoms with Gasteiger partial charge in [0.25, 0.3) is 0 Å². The van der Waals surface area contributed by atoms with E-state index in [1.54, 1.807) is 51.1 Å². The number of rotatable bonds is 10. The number of Topliss-reactive ketones (excluding diaryl/α,β-unsaturated/α-hetero) is 1. The number of likely N-dealkylation sites (tertiary alicyclic amines) is 1. The standard InChI is InChI=1S/C34H43FN2O4/c1-22-25(14-9-15-29(22)35)32-27(26-13-6-7-16-30(26)39)20-37(31(34(2,3)41)17-10-18-36(4)5)21-28(32)33(40)23-11-8-12-24(38)19-23/h6-9,11-16,19,27-28,31-32,38-39,41H,10,17-18,20-21H2,1-5H3/t27-,28+,31-,32-/m1/s1. The average molecular weight is 563 g/mol. The molecule has 4 atom stereocenters. The fourth-order valence-electron chi connectivity index (χ4n) is 6.56. The number of aliphatic hydroxyl groups is 1. The summed E-state index contributed by atoms with van der Waals surface area (Å²) in [5, 5.41) is 32.6. The highest BCUT2D eigenvalue weighted by Gasteiger charge is 2.47. The first-order chi connectivity index (χ1) is 19.4. The average Bonchev–Trinajstić information content (AvgIpc) is 2.91. The van der Waals surface area contributed by atoms with Crippen LogP contribution in [0.15, 0.2) is 66.7 Å². The van der Waals surface area contributed by atoms with Crippen LogP contribution < -0.4 is 0 Å². The van der Waals surface area contributed by atoms with E-state index in [1.165, 1.54) is 18.2 Å². The summed E-state index contributed by atoms with van der Waals surface area (Å²) in [5.41, 5.74) is 1.20. The number of hydrogen-bond donors (Lipinski definition) is 3. The molecule has 0 aliphatic carbocycles. The highest BCUT2D eigenvalue weighted by molar-refractivity contribution is 5.99. The predicted octanol–water partition coefficient (Wildman–Crippen LogP) is 5.71. The van der Waals surface area contributed by atoms with Gasteiger partial charge in [0.05, 0.1) is 5.60 Å². The van der Waals surface area contributed by atoms with Crippen LogP contribution in [0.1, 0.15) is 65.6 Å². The van der Waals surface area contributed by atoms with Crippen LogP contribution in [0.4, 0.5) is 4.39 Å². The molecule has 1 fully saturated rings. The fourth-order valence-corrected chi connectivity index (χ4v) is 6.56. The Morgan fingerprint density at radius 1 is 1.02 bits per heavy atom. The molecule has 0 spiro atoms. The molecule has 3 aromatic carbocycles. The third-order valence-electron chi connectivity index (χ3n) is 8.54. The Hall–Kier alpha value is -3.26. The van der Waals surface area contributed by atoms with Crippen LogP contribution in [0.5, 0.6) is 11.5 Å². The van der Waals surface area contributed by atoms with Crippen molar-refractivity contribution in [2.75, 3.05) is 33.7 Å². The highest BCUT2D eigenvalue weighted by Crippen LogP contribution is 2.48. The summed E-state index contributed by atoms with van der Waals surface area (Å²) in [5.74, 6) is -1.84. The number of benzene rings is 3. The highest BCUT2D eigenvalue weighted by atomic mass is 19.1. The minimum absolute atomic E-state index is 0.00249. The lowest BCUT2D eigenvalue weighted by Crippen LogP contribution is -2.57. The number of phenolic OH excluding ortho intramolecular Hbond substituents is 2. The molecule has 3 N–H and O–H groups in total. The van der Waals surface area contributed by atoms with Gasteiger partial charge in [-0.15, -0.1) is 0 Å². The molecule has 1 aliphatic rings. The van der Waals surface area contributed by atoms with Crippen molar-refractivity contribution in [1.29, 1.82) is 0 Å². The largest absolute Gasteiger partial charge is 0.508 e. The Morgan fingerprint density at radius 3 is 2.37 bits per heavy atom. The number of halogens is 1. The van der Waals surface area contributed by atoms with Crippen LogP contribution >= 0.6 is 0 Å². The van der Waals surface area contributed by atoms with Gasteiger partial charge in [0.15, 0.2) is 5.78 Å². The number of aromatic hydroxyl groups is 2. The maximum absolute atomic E-state index is 15.0. The molecular formula is C34H43FN2O4. The van der Waals surface area contributed by atoms with E-state index in [1.807, 2.05) is 32.3 Å². The number of hydrogen-bond acceptors (Lipinski definition) is 6. The summed E-state index contributed by atoms with van der Waals surface area (Å²) < 4.78 is 15.0. The van der Waals surface area contributed by atoms with Crippen molar-refractivity contribution in [2.45, 2.75) is 57.1 Å². The van der Waals surface area contributed by atoms with E-state index in [-0.39, 0.29) is 35.1 Å². The molecule has 1 aliphatic heterocycles. The molecule has 41 heavy (non-hydrogen) atoms. The Balaban J connectivity index is 1.89. The van der Waals surface area contributed by atoms with E-state index in [4.69, 9.17) is 0 Å². The molecule has 1 heterocycles. The van der Waals surface area contributed by atoms with Gasteiger partial charge in [-0.05, 0) is 95.2 Å². The zero-order valence-corrected chi connectivity index (χ0v) is 24.7. The van der Waals surface area contributed by atoms with E-state index in [2.05, 4.69) is 9.80 Å². The van der Waals surface area contributed by atoms with Crippen molar-refractivity contribution in [3.8, 4) is 11.5 Å². The monoisotopic (exact) mass is 562 g/mol. The van der Waals surface area contributed by atoms with Crippen LogP contribution in [0.2, 0.25) is 0 Å². The van der Waals surface area contributed by atoms with Gasteiger partial charge in [0.2, 0.25) is 0 Å². The van der Waals surface area contributed by atoms with Crippen LogP contribution in [0.3, 0.4) is 0 Å². The van der Waals surface area contributed by atoms with Gasteiger partial charge in [0.1, 0.15) is 17.3 Å².